The molecule has 0 bridgehead atoms. The number of amides is 2. The summed E-state index contributed by atoms with van der Waals surface area (Å²) >= 11 is 5.95. The van der Waals surface area contributed by atoms with Crippen LogP contribution in [0, 0.1) is 5.92 Å². The van der Waals surface area contributed by atoms with E-state index in [-0.39, 0.29) is 11.8 Å². The molecule has 1 aliphatic rings. The fourth-order valence-corrected chi connectivity index (χ4v) is 2.11. The molecule has 0 aromatic heterocycles. The van der Waals surface area contributed by atoms with E-state index < -0.39 is 0 Å². The first-order valence-electron chi connectivity index (χ1n) is 7.18. The summed E-state index contributed by atoms with van der Waals surface area (Å²) in [4.78, 5) is 24.0. The number of nitrogens with two attached hydrogens (primary N) is 1. The lowest BCUT2D eigenvalue weighted by atomic mass is 10.1. The average molecular weight is 310 g/mol. The van der Waals surface area contributed by atoms with Gasteiger partial charge in [0.1, 0.15) is 0 Å². The summed E-state index contributed by atoms with van der Waals surface area (Å²) in [7, 11) is 0. The Kier molecular flexibility index (Phi) is 5.59. The van der Waals surface area contributed by atoms with E-state index >= 15 is 0 Å². The lowest BCUT2D eigenvalue weighted by molar-refractivity contribution is -0.116. The van der Waals surface area contributed by atoms with Crippen LogP contribution >= 0.6 is 11.6 Å². The van der Waals surface area contributed by atoms with E-state index in [0.717, 1.165) is 0 Å². The molecule has 0 heterocycles. The van der Waals surface area contributed by atoms with E-state index in [0.29, 0.717) is 48.1 Å². The highest BCUT2D eigenvalue weighted by molar-refractivity contribution is 6.31. The number of carbonyl (C=O) groups is 2. The highest BCUT2D eigenvalue weighted by Crippen LogP contribution is 2.28. The van der Waals surface area contributed by atoms with Crippen LogP contribution in [0.3, 0.4) is 0 Å². The van der Waals surface area contributed by atoms with Crippen molar-refractivity contribution >= 4 is 29.1 Å². The second-order valence-electron chi connectivity index (χ2n) is 5.28. The standard InChI is InChI=1S/C15H20ClN3O2/c16-11-5-6-13(19-14(20)2-1-7-17)12(8-11)15(21)18-9-10-3-4-10/h5-6,8,10H,1-4,7,9,17H2,(H,18,21)(H,19,20). The molecule has 0 saturated heterocycles. The van der Waals surface area contributed by atoms with E-state index in [1.165, 1.54) is 12.8 Å². The van der Waals surface area contributed by atoms with Crippen molar-refractivity contribution in [3.8, 4) is 0 Å². The zero-order valence-corrected chi connectivity index (χ0v) is 12.6. The highest BCUT2D eigenvalue weighted by atomic mass is 35.5. The summed E-state index contributed by atoms with van der Waals surface area (Å²) in [5.74, 6) is 0.230. The molecule has 0 atom stereocenters. The average Bonchev–Trinajstić information content (AvgIpc) is 3.28. The molecule has 0 radical (unpaired) electrons. The van der Waals surface area contributed by atoms with Crippen LogP contribution in [0.1, 0.15) is 36.0 Å². The second-order valence-corrected chi connectivity index (χ2v) is 5.72. The number of benzene rings is 1. The molecule has 1 saturated carbocycles. The second kappa shape index (κ2) is 7.43. The van der Waals surface area contributed by atoms with E-state index in [4.69, 9.17) is 17.3 Å². The van der Waals surface area contributed by atoms with Gasteiger partial charge in [-0.05, 0) is 49.9 Å². The normalized spacial score (nSPS) is 13.8. The number of rotatable bonds is 7. The summed E-state index contributed by atoms with van der Waals surface area (Å²) in [6.45, 7) is 1.13. The van der Waals surface area contributed by atoms with Gasteiger partial charge in [-0.1, -0.05) is 11.6 Å². The van der Waals surface area contributed by atoms with Gasteiger partial charge < -0.3 is 16.4 Å². The predicted molar refractivity (Wildman–Crippen MR) is 83.4 cm³/mol. The van der Waals surface area contributed by atoms with Crippen molar-refractivity contribution in [2.45, 2.75) is 25.7 Å². The van der Waals surface area contributed by atoms with E-state index in [1.54, 1.807) is 18.2 Å². The van der Waals surface area contributed by atoms with E-state index in [2.05, 4.69) is 10.6 Å². The minimum Gasteiger partial charge on any atom is -0.352 e. The SMILES string of the molecule is NCCCC(=O)Nc1ccc(Cl)cc1C(=O)NCC1CC1. The maximum atomic E-state index is 12.2. The Labute approximate surface area is 129 Å². The first-order valence-corrected chi connectivity index (χ1v) is 7.55. The Morgan fingerprint density at radius 2 is 2.10 bits per heavy atom. The van der Waals surface area contributed by atoms with Gasteiger partial charge in [0.05, 0.1) is 11.3 Å². The molecule has 0 spiro atoms. The molecule has 1 aromatic rings. The van der Waals surface area contributed by atoms with Gasteiger partial charge in [0.25, 0.3) is 5.91 Å². The van der Waals surface area contributed by atoms with Crippen molar-refractivity contribution in [2.75, 3.05) is 18.4 Å². The van der Waals surface area contributed by atoms with Gasteiger partial charge in [0.2, 0.25) is 5.91 Å². The summed E-state index contributed by atoms with van der Waals surface area (Å²) in [6.07, 6.45) is 3.28. The number of halogens is 1. The molecule has 2 rings (SSSR count). The zero-order valence-electron chi connectivity index (χ0n) is 11.8. The molecular weight excluding hydrogens is 290 g/mol. The summed E-state index contributed by atoms with van der Waals surface area (Å²) in [5.41, 5.74) is 6.25. The summed E-state index contributed by atoms with van der Waals surface area (Å²) in [6, 6.07) is 4.87. The molecule has 2 amide bonds. The van der Waals surface area contributed by atoms with Crippen LogP contribution in [0.25, 0.3) is 0 Å². The van der Waals surface area contributed by atoms with Crippen molar-refractivity contribution in [3.05, 3.63) is 28.8 Å². The van der Waals surface area contributed by atoms with Crippen LogP contribution < -0.4 is 16.4 Å². The minimum absolute atomic E-state index is 0.154. The van der Waals surface area contributed by atoms with Crippen LogP contribution in [0.4, 0.5) is 5.69 Å². The van der Waals surface area contributed by atoms with E-state index in [1.807, 2.05) is 0 Å². The van der Waals surface area contributed by atoms with E-state index in [9.17, 15) is 9.59 Å². The van der Waals surface area contributed by atoms with Crippen LogP contribution in [-0.2, 0) is 4.79 Å². The molecule has 4 N–H and O–H groups in total. The molecule has 0 aliphatic heterocycles. The quantitative estimate of drug-likeness (QED) is 0.721. The fourth-order valence-electron chi connectivity index (χ4n) is 1.94. The van der Waals surface area contributed by atoms with Gasteiger partial charge in [0.15, 0.2) is 0 Å². The molecule has 0 unspecified atom stereocenters. The molecule has 1 aliphatic carbocycles. The predicted octanol–water partition coefficient (Wildman–Crippen LogP) is 2.16. The lowest BCUT2D eigenvalue weighted by Crippen LogP contribution is -2.27. The molecule has 6 heteroatoms. The number of hydrogen-bond acceptors (Lipinski definition) is 3. The van der Waals surface area contributed by atoms with Crippen molar-refractivity contribution in [1.82, 2.24) is 5.32 Å². The van der Waals surface area contributed by atoms with Crippen LogP contribution in [-0.4, -0.2) is 24.9 Å². The first-order chi connectivity index (χ1) is 10.1. The summed E-state index contributed by atoms with van der Waals surface area (Å²) in [5, 5.41) is 6.08. The largest absolute Gasteiger partial charge is 0.352 e. The van der Waals surface area contributed by atoms with Crippen LogP contribution in [0.5, 0.6) is 0 Å². The van der Waals surface area contributed by atoms with Crippen LogP contribution in [0.2, 0.25) is 5.02 Å². The Hall–Kier alpha value is -1.59. The molecule has 1 fully saturated rings. The molecule has 1 aromatic carbocycles. The fraction of sp³-hybridized carbons (Fsp3) is 0.467. The van der Waals surface area contributed by atoms with Crippen molar-refractivity contribution in [2.24, 2.45) is 11.7 Å². The Morgan fingerprint density at radius 1 is 1.33 bits per heavy atom. The molecule has 5 nitrogen and oxygen atoms in total. The summed E-state index contributed by atoms with van der Waals surface area (Å²) < 4.78 is 0. The van der Waals surface area contributed by atoms with Gasteiger partial charge in [-0.2, -0.15) is 0 Å². The van der Waals surface area contributed by atoms with Crippen molar-refractivity contribution in [3.63, 3.8) is 0 Å². The third kappa shape index (κ3) is 5.02. The van der Waals surface area contributed by atoms with Gasteiger partial charge in [-0.3, -0.25) is 9.59 Å². The van der Waals surface area contributed by atoms with Crippen molar-refractivity contribution < 1.29 is 9.59 Å². The van der Waals surface area contributed by atoms with Gasteiger partial charge in [0, 0.05) is 18.0 Å². The molecule has 114 valence electrons. The number of anilines is 1. The maximum absolute atomic E-state index is 12.2. The Bertz CT molecular complexity index is 530. The zero-order chi connectivity index (χ0) is 15.2. The van der Waals surface area contributed by atoms with Crippen LogP contribution in [0.15, 0.2) is 18.2 Å². The third-order valence-electron chi connectivity index (χ3n) is 3.36. The Balaban J connectivity index is 2.04. The molecular formula is C15H20ClN3O2. The minimum atomic E-state index is -0.210. The van der Waals surface area contributed by atoms with Crippen molar-refractivity contribution in [1.29, 1.82) is 0 Å². The highest BCUT2D eigenvalue weighted by Gasteiger charge is 2.22. The number of carbonyl (C=O) groups excluding carboxylic acids is 2. The lowest BCUT2D eigenvalue weighted by Gasteiger charge is -2.12. The number of hydrogen-bond donors (Lipinski definition) is 3. The Morgan fingerprint density at radius 3 is 2.76 bits per heavy atom. The maximum Gasteiger partial charge on any atom is 0.253 e. The van der Waals surface area contributed by atoms with Gasteiger partial charge in [-0.25, -0.2) is 0 Å². The third-order valence-corrected chi connectivity index (χ3v) is 3.59. The first kappa shape index (κ1) is 15.8. The number of nitrogens with one attached hydrogen (secondary N) is 2. The molecule has 21 heavy (non-hydrogen) atoms. The smallest absolute Gasteiger partial charge is 0.253 e. The van der Waals surface area contributed by atoms with Gasteiger partial charge >= 0.3 is 0 Å². The topological polar surface area (TPSA) is 84.2 Å². The van der Waals surface area contributed by atoms with Gasteiger partial charge in [-0.15, -0.1) is 0 Å². The monoisotopic (exact) mass is 309 g/mol.